The summed E-state index contributed by atoms with van der Waals surface area (Å²) in [6, 6.07) is 6.36. The highest BCUT2D eigenvalue weighted by Gasteiger charge is 2.14. The molecule has 0 aliphatic carbocycles. The van der Waals surface area contributed by atoms with Crippen LogP contribution in [0.4, 0.5) is 5.69 Å². The summed E-state index contributed by atoms with van der Waals surface area (Å²) in [5.41, 5.74) is 0.623. The van der Waals surface area contributed by atoms with E-state index in [0.29, 0.717) is 5.92 Å². The largest absolute Gasteiger partial charge is 0.269 e. The second-order valence-electron chi connectivity index (χ2n) is 6.35. The van der Waals surface area contributed by atoms with Crippen LogP contribution in [0.1, 0.15) is 45.5 Å². The van der Waals surface area contributed by atoms with Crippen LogP contribution < -0.4 is 4.80 Å². The molecule has 0 fully saturated rings. The maximum absolute atomic E-state index is 10.8. The van der Waals surface area contributed by atoms with Gasteiger partial charge in [-0.15, -0.1) is 0 Å². The van der Waals surface area contributed by atoms with Crippen molar-refractivity contribution < 1.29 is 4.92 Å². The van der Waals surface area contributed by atoms with Gasteiger partial charge in [0.1, 0.15) is 5.01 Å². The normalized spacial score (nSPS) is 12.9. The van der Waals surface area contributed by atoms with E-state index in [0.717, 1.165) is 15.5 Å². The first-order valence-electron chi connectivity index (χ1n) is 7.08. The van der Waals surface area contributed by atoms with Crippen molar-refractivity contribution >= 4 is 17.0 Å². The Morgan fingerprint density at radius 2 is 1.86 bits per heavy atom. The summed E-state index contributed by atoms with van der Waals surface area (Å²) >= 11 is 1.55. The first-order chi connectivity index (χ1) is 10.2. The second-order valence-corrected chi connectivity index (χ2v) is 7.33. The van der Waals surface area contributed by atoms with E-state index in [9.17, 15) is 10.1 Å². The van der Waals surface area contributed by atoms with Crippen LogP contribution in [0, 0.1) is 10.1 Å². The standard InChI is InChI=1S/C15H20N4O2S/c1-10(2)13-17-18(14(22-13)16-15(3,4)5)11-6-8-12(9-7-11)19(20)21/h6-10H,1-5H3. The lowest BCUT2D eigenvalue weighted by Crippen LogP contribution is -2.21. The Hall–Kier alpha value is -2.02. The van der Waals surface area contributed by atoms with E-state index in [1.165, 1.54) is 12.1 Å². The van der Waals surface area contributed by atoms with Crippen molar-refractivity contribution in [3.8, 4) is 5.69 Å². The first-order valence-corrected chi connectivity index (χ1v) is 7.90. The Bertz CT molecular complexity index is 736. The third-order valence-corrected chi connectivity index (χ3v) is 4.01. The number of benzene rings is 1. The van der Waals surface area contributed by atoms with Crippen molar-refractivity contribution in [2.45, 2.75) is 46.1 Å². The molecule has 1 heterocycles. The van der Waals surface area contributed by atoms with Crippen LogP contribution in [-0.4, -0.2) is 20.2 Å². The smallest absolute Gasteiger partial charge is 0.258 e. The maximum atomic E-state index is 10.8. The average Bonchev–Trinajstić information content (AvgIpc) is 2.80. The van der Waals surface area contributed by atoms with Crippen LogP contribution in [0.5, 0.6) is 0 Å². The molecule has 0 atom stereocenters. The summed E-state index contributed by atoms with van der Waals surface area (Å²) < 4.78 is 1.76. The second kappa shape index (κ2) is 6.00. The molecule has 0 radical (unpaired) electrons. The molecule has 0 N–H and O–H groups in total. The van der Waals surface area contributed by atoms with Gasteiger partial charge in [0.2, 0.25) is 4.80 Å². The predicted octanol–water partition coefficient (Wildman–Crippen LogP) is 3.66. The van der Waals surface area contributed by atoms with Gasteiger partial charge in [0.25, 0.3) is 5.69 Å². The van der Waals surface area contributed by atoms with Crippen molar-refractivity contribution in [1.29, 1.82) is 0 Å². The molecule has 1 aromatic heterocycles. The Morgan fingerprint density at radius 1 is 1.27 bits per heavy atom. The van der Waals surface area contributed by atoms with Crippen LogP contribution in [0.25, 0.3) is 5.69 Å². The minimum atomic E-state index is -0.407. The third-order valence-electron chi connectivity index (χ3n) is 2.81. The maximum Gasteiger partial charge on any atom is 0.269 e. The van der Waals surface area contributed by atoms with Crippen molar-refractivity contribution in [2.24, 2.45) is 4.99 Å². The zero-order chi connectivity index (χ0) is 16.5. The highest BCUT2D eigenvalue weighted by molar-refractivity contribution is 7.08. The molecule has 2 rings (SSSR count). The molecular weight excluding hydrogens is 300 g/mol. The predicted molar refractivity (Wildman–Crippen MR) is 87.5 cm³/mol. The van der Waals surface area contributed by atoms with Gasteiger partial charge in [-0.05, 0) is 32.9 Å². The lowest BCUT2D eigenvalue weighted by molar-refractivity contribution is -0.384. The molecule has 0 amide bonds. The first kappa shape index (κ1) is 16.4. The fraction of sp³-hybridized carbons (Fsp3) is 0.467. The molecule has 7 heteroatoms. The molecule has 118 valence electrons. The molecule has 2 aromatic rings. The molecule has 0 aliphatic rings. The molecule has 6 nitrogen and oxygen atoms in total. The Morgan fingerprint density at radius 3 is 2.32 bits per heavy atom. The van der Waals surface area contributed by atoms with Crippen LogP contribution in [0.2, 0.25) is 0 Å². The summed E-state index contributed by atoms with van der Waals surface area (Å²) in [4.78, 5) is 15.9. The van der Waals surface area contributed by atoms with Crippen LogP contribution >= 0.6 is 11.3 Å². The molecule has 0 bridgehead atoms. The molecule has 0 spiro atoms. The average molecular weight is 320 g/mol. The summed E-state index contributed by atoms with van der Waals surface area (Å²) in [5.74, 6) is 0.304. The van der Waals surface area contributed by atoms with Gasteiger partial charge in [0.05, 0.1) is 16.1 Å². The van der Waals surface area contributed by atoms with Gasteiger partial charge in [-0.25, -0.2) is 4.68 Å². The minimum Gasteiger partial charge on any atom is -0.258 e. The Balaban J connectivity index is 2.58. The molecule has 0 unspecified atom stereocenters. The van der Waals surface area contributed by atoms with E-state index in [4.69, 9.17) is 4.99 Å². The zero-order valence-electron chi connectivity index (χ0n) is 13.4. The molecule has 0 saturated heterocycles. The Kier molecular flexibility index (Phi) is 4.46. The fourth-order valence-corrected chi connectivity index (χ4v) is 2.87. The van der Waals surface area contributed by atoms with Crippen LogP contribution in [-0.2, 0) is 0 Å². The minimum absolute atomic E-state index is 0.0676. The van der Waals surface area contributed by atoms with E-state index < -0.39 is 4.92 Å². The quantitative estimate of drug-likeness (QED) is 0.640. The van der Waals surface area contributed by atoms with Gasteiger partial charge in [-0.3, -0.25) is 15.1 Å². The SMILES string of the molecule is CC(C)c1nn(-c2ccc([N+](=O)[O-])cc2)c(=NC(C)(C)C)s1. The highest BCUT2D eigenvalue weighted by Crippen LogP contribution is 2.18. The van der Waals surface area contributed by atoms with Gasteiger partial charge < -0.3 is 0 Å². The number of hydrogen-bond acceptors (Lipinski definition) is 5. The van der Waals surface area contributed by atoms with Gasteiger partial charge in [-0.2, -0.15) is 5.10 Å². The van der Waals surface area contributed by atoms with Gasteiger partial charge in [0, 0.05) is 18.1 Å². The molecular formula is C15H20N4O2S. The van der Waals surface area contributed by atoms with E-state index in [2.05, 4.69) is 18.9 Å². The lowest BCUT2D eigenvalue weighted by Gasteiger charge is -2.10. The number of hydrogen-bond donors (Lipinski definition) is 0. The number of nitro groups is 1. The van der Waals surface area contributed by atoms with Crippen molar-refractivity contribution in [3.05, 3.63) is 44.2 Å². The van der Waals surface area contributed by atoms with Crippen molar-refractivity contribution in [1.82, 2.24) is 9.78 Å². The molecule has 1 aromatic carbocycles. The molecule has 0 aliphatic heterocycles. The van der Waals surface area contributed by atoms with Crippen LogP contribution in [0.3, 0.4) is 0 Å². The summed E-state index contributed by atoms with van der Waals surface area (Å²) in [7, 11) is 0. The van der Waals surface area contributed by atoms with Gasteiger partial charge in [0.15, 0.2) is 0 Å². The van der Waals surface area contributed by atoms with Crippen molar-refractivity contribution in [3.63, 3.8) is 0 Å². The number of rotatable bonds is 3. The van der Waals surface area contributed by atoms with Crippen LogP contribution in [0.15, 0.2) is 29.3 Å². The fourth-order valence-electron chi connectivity index (χ4n) is 1.77. The van der Waals surface area contributed by atoms with E-state index in [1.807, 2.05) is 20.8 Å². The number of aromatic nitrogens is 2. The number of non-ortho nitro benzene ring substituents is 1. The van der Waals surface area contributed by atoms with E-state index >= 15 is 0 Å². The van der Waals surface area contributed by atoms with Gasteiger partial charge >= 0.3 is 0 Å². The van der Waals surface area contributed by atoms with E-state index in [-0.39, 0.29) is 11.2 Å². The number of nitro benzene ring substituents is 1. The topological polar surface area (TPSA) is 73.3 Å². The monoisotopic (exact) mass is 320 g/mol. The lowest BCUT2D eigenvalue weighted by atomic mass is 10.1. The number of nitrogens with zero attached hydrogens (tertiary/aromatic N) is 4. The van der Waals surface area contributed by atoms with Gasteiger partial charge in [-0.1, -0.05) is 25.2 Å². The summed E-state index contributed by atoms with van der Waals surface area (Å²) in [6.45, 7) is 10.3. The summed E-state index contributed by atoms with van der Waals surface area (Å²) in [5, 5.41) is 16.4. The Labute approximate surface area is 133 Å². The van der Waals surface area contributed by atoms with Crippen molar-refractivity contribution in [2.75, 3.05) is 0 Å². The molecule has 22 heavy (non-hydrogen) atoms. The zero-order valence-corrected chi connectivity index (χ0v) is 14.2. The summed E-state index contributed by atoms with van der Waals surface area (Å²) in [6.07, 6.45) is 0. The molecule has 0 saturated carbocycles. The van der Waals surface area contributed by atoms with E-state index in [1.54, 1.807) is 28.2 Å². The third kappa shape index (κ3) is 3.79. The highest BCUT2D eigenvalue weighted by atomic mass is 32.1.